The molecule has 22 heavy (non-hydrogen) atoms. The van der Waals surface area contributed by atoms with Crippen LogP contribution in [0.4, 0.5) is 4.39 Å². The molecule has 0 saturated carbocycles. The Kier molecular flexibility index (Phi) is 3.76. The van der Waals surface area contributed by atoms with Gasteiger partial charge in [-0.3, -0.25) is 0 Å². The van der Waals surface area contributed by atoms with Crippen molar-refractivity contribution >= 4 is 11.0 Å². The van der Waals surface area contributed by atoms with E-state index in [1.54, 1.807) is 12.1 Å². The van der Waals surface area contributed by atoms with Gasteiger partial charge >= 0.3 is 0 Å². The lowest BCUT2D eigenvalue weighted by Crippen LogP contribution is -2.01. The van der Waals surface area contributed by atoms with E-state index in [1.165, 1.54) is 12.1 Å². The molecular weight excluding hydrogens is 275 g/mol. The summed E-state index contributed by atoms with van der Waals surface area (Å²) in [6.45, 7) is 6.62. The van der Waals surface area contributed by atoms with Gasteiger partial charge in [0.15, 0.2) is 5.82 Å². The predicted octanol–water partition coefficient (Wildman–Crippen LogP) is 4.15. The maximum Gasteiger partial charge on any atom is 0.187 e. The fourth-order valence-corrected chi connectivity index (χ4v) is 2.26. The number of imidazole rings is 1. The van der Waals surface area contributed by atoms with Crippen LogP contribution in [0, 0.1) is 17.7 Å². The minimum Gasteiger partial charge on any atom is -0.313 e. The van der Waals surface area contributed by atoms with Crippen molar-refractivity contribution in [3.63, 3.8) is 0 Å². The number of halogens is 1. The Hall–Kier alpha value is -2.86. The molecule has 1 heterocycles. The van der Waals surface area contributed by atoms with Crippen molar-refractivity contribution in [3.05, 3.63) is 77.9 Å². The molecule has 0 saturated heterocycles. The first-order chi connectivity index (χ1) is 10.6. The van der Waals surface area contributed by atoms with Gasteiger partial charge in [0.25, 0.3) is 0 Å². The number of allylic oxidation sites excluding steroid dienone is 1. The maximum absolute atomic E-state index is 12.9. The van der Waals surface area contributed by atoms with E-state index in [-0.39, 0.29) is 5.82 Å². The second-order valence-corrected chi connectivity index (χ2v) is 5.22. The van der Waals surface area contributed by atoms with Crippen LogP contribution in [0.15, 0.2) is 60.7 Å². The van der Waals surface area contributed by atoms with Gasteiger partial charge in [-0.2, -0.15) is 0 Å². The van der Waals surface area contributed by atoms with E-state index < -0.39 is 0 Å². The van der Waals surface area contributed by atoms with Crippen molar-refractivity contribution in [2.45, 2.75) is 13.5 Å². The van der Waals surface area contributed by atoms with Crippen molar-refractivity contribution in [1.82, 2.24) is 9.55 Å². The summed E-state index contributed by atoms with van der Waals surface area (Å²) >= 11 is 0. The van der Waals surface area contributed by atoms with E-state index in [4.69, 9.17) is 0 Å². The van der Waals surface area contributed by atoms with Crippen LogP contribution in [0.1, 0.15) is 18.3 Å². The van der Waals surface area contributed by atoms with Crippen molar-refractivity contribution in [2.75, 3.05) is 0 Å². The smallest absolute Gasteiger partial charge is 0.187 e. The van der Waals surface area contributed by atoms with Gasteiger partial charge in [0.2, 0.25) is 0 Å². The number of rotatable bonds is 2. The van der Waals surface area contributed by atoms with E-state index >= 15 is 0 Å². The number of fused-ring (bicyclic) bond motifs is 1. The summed E-state index contributed by atoms with van der Waals surface area (Å²) in [6, 6.07) is 14.1. The van der Waals surface area contributed by atoms with E-state index in [1.807, 2.05) is 35.8 Å². The molecule has 1 aromatic heterocycles. The zero-order valence-electron chi connectivity index (χ0n) is 12.3. The first kappa shape index (κ1) is 14.1. The summed E-state index contributed by atoms with van der Waals surface area (Å²) in [5.41, 5.74) is 3.74. The molecule has 3 heteroatoms. The van der Waals surface area contributed by atoms with Gasteiger partial charge in [-0.05, 0) is 49.2 Å². The molecule has 0 aliphatic rings. The molecule has 0 aliphatic carbocycles. The SMILES string of the molecule is C=C(C)Cn1c(C#Cc2ccc(F)cc2)nc2ccccc21. The lowest BCUT2D eigenvalue weighted by Gasteiger charge is -2.05. The summed E-state index contributed by atoms with van der Waals surface area (Å²) in [7, 11) is 0. The minimum absolute atomic E-state index is 0.264. The van der Waals surface area contributed by atoms with Crippen LogP contribution in [0.2, 0.25) is 0 Å². The van der Waals surface area contributed by atoms with Crippen LogP contribution in [-0.4, -0.2) is 9.55 Å². The summed E-state index contributed by atoms with van der Waals surface area (Å²) in [5.74, 6) is 6.54. The second kappa shape index (κ2) is 5.87. The third-order valence-electron chi connectivity index (χ3n) is 3.25. The molecular formula is C19H15FN2. The molecule has 0 aliphatic heterocycles. The van der Waals surface area contributed by atoms with Crippen LogP contribution in [-0.2, 0) is 6.54 Å². The first-order valence-electron chi connectivity index (χ1n) is 7.01. The molecule has 0 atom stereocenters. The van der Waals surface area contributed by atoms with Gasteiger partial charge in [-0.25, -0.2) is 9.37 Å². The molecule has 3 aromatic rings. The summed E-state index contributed by atoms with van der Waals surface area (Å²) in [5, 5.41) is 0. The highest BCUT2D eigenvalue weighted by molar-refractivity contribution is 5.77. The Morgan fingerprint density at radius 1 is 1.14 bits per heavy atom. The van der Waals surface area contributed by atoms with Gasteiger partial charge in [0.1, 0.15) is 5.82 Å². The number of benzene rings is 2. The van der Waals surface area contributed by atoms with Crippen LogP contribution < -0.4 is 0 Å². The van der Waals surface area contributed by atoms with Crippen molar-refractivity contribution in [1.29, 1.82) is 0 Å². The third kappa shape index (κ3) is 2.91. The molecule has 2 aromatic carbocycles. The monoisotopic (exact) mass is 290 g/mol. The lowest BCUT2D eigenvalue weighted by molar-refractivity contribution is 0.627. The van der Waals surface area contributed by atoms with Gasteiger partial charge in [-0.1, -0.05) is 30.2 Å². The summed E-state index contributed by atoms with van der Waals surface area (Å²) < 4.78 is 15.0. The number of hydrogen-bond acceptors (Lipinski definition) is 1. The summed E-state index contributed by atoms with van der Waals surface area (Å²) in [4.78, 5) is 4.57. The zero-order chi connectivity index (χ0) is 15.5. The highest BCUT2D eigenvalue weighted by atomic mass is 19.1. The van der Waals surface area contributed by atoms with E-state index in [2.05, 4.69) is 23.4 Å². The quantitative estimate of drug-likeness (QED) is 0.512. The Labute approximate surface area is 128 Å². The Balaban J connectivity index is 2.06. The molecule has 3 rings (SSSR count). The second-order valence-electron chi connectivity index (χ2n) is 5.22. The average Bonchev–Trinajstić information content (AvgIpc) is 2.84. The molecule has 108 valence electrons. The topological polar surface area (TPSA) is 17.8 Å². The van der Waals surface area contributed by atoms with Crippen LogP contribution in [0.5, 0.6) is 0 Å². The van der Waals surface area contributed by atoms with Crippen LogP contribution >= 0.6 is 0 Å². The fraction of sp³-hybridized carbons (Fsp3) is 0.105. The van der Waals surface area contributed by atoms with Gasteiger partial charge in [-0.15, -0.1) is 0 Å². The normalized spacial score (nSPS) is 10.3. The molecule has 2 nitrogen and oxygen atoms in total. The third-order valence-corrected chi connectivity index (χ3v) is 3.25. The highest BCUT2D eigenvalue weighted by Gasteiger charge is 2.08. The van der Waals surface area contributed by atoms with Crippen LogP contribution in [0.25, 0.3) is 11.0 Å². The van der Waals surface area contributed by atoms with Crippen molar-refractivity contribution in [2.24, 2.45) is 0 Å². The number of para-hydroxylation sites is 2. The molecule has 0 spiro atoms. The maximum atomic E-state index is 12.9. The molecule has 0 radical (unpaired) electrons. The molecule has 0 fully saturated rings. The van der Waals surface area contributed by atoms with Crippen molar-refractivity contribution < 1.29 is 4.39 Å². The molecule has 0 unspecified atom stereocenters. The predicted molar refractivity (Wildman–Crippen MR) is 86.9 cm³/mol. The van der Waals surface area contributed by atoms with Crippen LogP contribution in [0.3, 0.4) is 0 Å². The largest absolute Gasteiger partial charge is 0.313 e. The van der Waals surface area contributed by atoms with Gasteiger partial charge < -0.3 is 4.57 Å². The first-order valence-corrected chi connectivity index (χ1v) is 7.01. The fourth-order valence-electron chi connectivity index (χ4n) is 2.26. The molecule has 0 N–H and O–H groups in total. The Bertz CT molecular complexity index is 893. The Morgan fingerprint density at radius 2 is 1.86 bits per heavy atom. The van der Waals surface area contributed by atoms with E-state index in [0.29, 0.717) is 12.4 Å². The standard InChI is InChI=1S/C19H15FN2/c1-14(2)13-22-18-6-4-3-5-17(18)21-19(22)12-9-15-7-10-16(20)11-8-15/h3-8,10-11H,1,13H2,2H3. The average molecular weight is 290 g/mol. The van der Waals surface area contributed by atoms with E-state index in [9.17, 15) is 4.39 Å². The summed E-state index contributed by atoms with van der Waals surface area (Å²) in [6.07, 6.45) is 0. The van der Waals surface area contributed by atoms with Gasteiger partial charge in [0.05, 0.1) is 11.0 Å². The number of aromatic nitrogens is 2. The molecule has 0 bridgehead atoms. The minimum atomic E-state index is -0.264. The number of hydrogen-bond donors (Lipinski definition) is 0. The lowest BCUT2D eigenvalue weighted by atomic mass is 10.2. The van der Waals surface area contributed by atoms with E-state index in [0.717, 1.165) is 22.2 Å². The zero-order valence-corrected chi connectivity index (χ0v) is 12.3. The Morgan fingerprint density at radius 3 is 2.59 bits per heavy atom. The van der Waals surface area contributed by atoms with Crippen molar-refractivity contribution in [3.8, 4) is 11.8 Å². The number of nitrogens with zero attached hydrogens (tertiary/aromatic N) is 2. The molecule has 0 amide bonds. The van der Waals surface area contributed by atoms with Gasteiger partial charge in [0, 0.05) is 12.1 Å². The highest BCUT2D eigenvalue weighted by Crippen LogP contribution is 2.17.